The Morgan fingerprint density at radius 2 is 1.86 bits per heavy atom. The predicted molar refractivity (Wildman–Crippen MR) is 88.5 cm³/mol. The van der Waals surface area contributed by atoms with E-state index in [-0.39, 0.29) is 0 Å². The second kappa shape index (κ2) is 7.74. The van der Waals surface area contributed by atoms with Gasteiger partial charge in [0.25, 0.3) is 0 Å². The quantitative estimate of drug-likeness (QED) is 0.905. The monoisotopic (exact) mass is 290 g/mol. The third-order valence-corrected chi connectivity index (χ3v) is 4.87. The van der Waals surface area contributed by atoms with Crippen molar-refractivity contribution in [2.45, 2.75) is 65.8 Å². The zero-order chi connectivity index (χ0) is 15.2. The number of nitrogens with zero attached hydrogens (tertiary/aromatic N) is 3. The van der Waals surface area contributed by atoms with Crippen molar-refractivity contribution in [1.29, 1.82) is 0 Å². The van der Waals surface area contributed by atoms with E-state index in [0.717, 1.165) is 43.4 Å². The fourth-order valence-corrected chi connectivity index (χ4v) is 3.49. The molecule has 0 aromatic carbocycles. The first-order chi connectivity index (χ1) is 10.2. The van der Waals surface area contributed by atoms with Crippen LogP contribution in [0.2, 0.25) is 0 Å². The Morgan fingerprint density at radius 1 is 1.05 bits per heavy atom. The highest BCUT2D eigenvalue weighted by Crippen LogP contribution is 2.28. The van der Waals surface area contributed by atoms with Crippen molar-refractivity contribution >= 4 is 5.82 Å². The van der Waals surface area contributed by atoms with Gasteiger partial charge in [-0.05, 0) is 43.6 Å². The summed E-state index contributed by atoms with van der Waals surface area (Å²) in [6, 6.07) is 0. The SMILES string of the molecule is CCc1nnc(N2CCCC(CC)CC2)c(CN)c1CC. The first kappa shape index (κ1) is 16.2. The van der Waals surface area contributed by atoms with Gasteiger partial charge < -0.3 is 10.6 Å². The van der Waals surface area contributed by atoms with Gasteiger partial charge in [-0.15, -0.1) is 5.10 Å². The van der Waals surface area contributed by atoms with Crippen LogP contribution in [0.1, 0.15) is 63.3 Å². The molecule has 0 bridgehead atoms. The minimum Gasteiger partial charge on any atom is -0.355 e. The lowest BCUT2D eigenvalue weighted by Crippen LogP contribution is -2.28. The van der Waals surface area contributed by atoms with E-state index in [1.54, 1.807) is 0 Å². The van der Waals surface area contributed by atoms with Crippen LogP contribution in [0.3, 0.4) is 0 Å². The topological polar surface area (TPSA) is 55.0 Å². The van der Waals surface area contributed by atoms with Crippen molar-refractivity contribution in [2.75, 3.05) is 18.0 Å². The van der Waals surface area contributed by atoms with Gasteiger partial charge in [-0.25, -0.2) is 0 Å². The van der Waals surface area contributed by atoms with Crippen LogP contribution in [0.4, 0.5) is 5.82 Å². The summed E-state index contributed by atoms with van der Waals surface area (Å²) >= 11 is 0. The van der Waals surface area contributed by atoms with E-state index in [1.807, 2.05) is 0 Å². The molecule has 0 radical (unpaired) electrons. The average molecular weight is 290 g/mol. The van der Waals surface area contributed by atoms with Crippen molar-refractivity contribution in [3.8, 4) is 0 Å². The number of hydrogen-bond donors (Lipinski definition) is 1. The second-order valence-corrected chi connectivity index (χ2v) is 6.03. The molecular weight excluding hydrogens is 260 g/mol. The summed E-state index contributed by atoms with van der Waals surface area (Å²) in [5.74, 6) is 1.91. The number of nitrogens with two attached hydrogens (primary N) is 1. The summed E-state index contributed by atoms with van der Waals surface area (Å²) in [4.78, 5) is 2.42. The Morgan fingerprint density at radius 3 is 2.48 bits per heavy atom. The fourth-order valence-electron chi connectivity index (χ4n) is 3.49. The van der Waals surface area contributed by atoms with Crippen LogP contribution in [0.5, 0.6) is 0 Å². The maximum Gasteiger partial charge on any atom is 0.156 e. The standard InChI is InChI=1S/C17H30N4/c1-4-13-8-7-10-21(11-9-13)17-15(12-18)14(5-2)16(6-3)19-20-17/h13H,4-12,18H2,1-3H3. The van der Waals surface area contributed by atoms with Gasteiger partial charge in [0.1, 0.15) is 0 Å². The zero-order valence-corrected chi connectivity index (χ0v) is 13.9. The molecule has 4 heteroatoms. The molecule has 21 heavy (non-hydrogen) atoms. The number of aromatic nitrogens is 2. The lowest BCUT2D eigenvalue weighted by molar-refractivity contribution is 0.459. The highest BCUT2D eigenvalue weighted by atomic mass is 15.3. The van der Waals surface area contributed by atoms with Crippen LogP contribution in [-0.2, 0) is 19.4 Å². The second-order valence-electron chi connectivity index (χ2n) is 6.03. The summed E-state index contributed by atoms with van der Waals surface area (Å²) in [5.41, 5.74) is 9.71. The van der Waals surface area contributed by atoms with Gasteiger partial charge in [0, 0.05) is 25.2 Å². The van der Waals surface area contributed by atoms with Gasteiger partial charge in [0.05, 0.1) is 5.69 Å². The highest BCUT2D eigenvalue weighted by Gasteiger charge is 2.21. The summed E-state index contributed by atoms with van der Waals surface area (Å²) in [7, 11) is 0. The molecule has 2 heterocycles. The first-order valence-corrected chi connectivity index (χ1v) is 8.57. The lowest BCUT2D eigenvalue weighted by Gasteiger charge is -2.25. The number of aryl methyl sites for hydroxylation is 1. The van der Waals surface area contributed by atoms with Crippen molar-refractivity contribution in [3.05, 3.63) is 16.8 Å². The van der Waals surface area contributed by atoms with E-state index in [0.29, 0.717) is 6.54 Å². The summed E-state index contributed by atoms with van der Waals surface area (Å²) in [5, 5.41) is 9.02. The molecule has 1 saturated heterocycles. The molecule has 1 aromatic rings. The van der Waals surface area contributed by atoms with E-state index in [9.17, 15) is 0 Å². The maximum atomic E-state index is 6.06. The van der Waals surface area contributed by atoms with Gasteiger partial charge in [0.2, 0.25) is 0 Å². The van der Waals surface area contributed by atoms with Crippen LogP contribution in [0, 0.1) is 5.92 Å². The number of rotatable bonds is 5. The normalized spacial score (nSPS) is 19.6. The van der Waals surface area contributed by atoms with Crippen LogP contribution in [-0.4, -0.2) is 23.3 Å². The molecule has 118 valence electrons. The molecule has 0 saturated carbocycles. The van der Waals surface area contributed by atoms with Crippen molar-refractivity contribution < 1.29 is 0 Å². The van der Waals surface area contributed by atoms with E-state index < -0.39 is 0 Å². The first-order valence-electron chi connectivity index (χ1n) is 8.57. The van der Waals surface area contributed by atoms with Crippen LogP contribution in [0.25, 0.3) is 0 Å². The zero-order valence-electron chi connectivity index (χ0n) is 13.9. The van der Waals surface area contributed by atoms with Gasteiger partial charge >= 0.3 is 0 Å². The minimum absolute atomic E-state index is 0.564. The van der Waals surface area contributed by atoms with Crippen LogP contribution < -0.4 is 10.6 Å². The van der Waals surface area contributed by atoms with E-state index >= 15 is 0 Å². The molecule has 2 rings (SSSR count). The lowest BCUT2D eigenvalue weighted by atomic mass is 9.98. The Hall–Kier alpha value is -1.16. The molecular formula is C17H30N4. The molecule has 4 nitrogen and oxygen atoms in total. The molecule has 1 fully saturated rings. The molecule has 1 atom stereocenters. The third kappa shape index (κ3) is 3.54. The average Bonchev–Trinajstić information content (AvgIpc) is 2.78. The highest BCUT2D eigenvalue weighted by molar-refractivity contribution is 5.51. The predicted octanol–water partition coefficient (Wildman–Crippen LogP) is 3.08. The van der Waals surface area contributed by atoms with Crippen LogP contribution in [0.15, 0.2) is 0 Å². The molecule has 0 amide bonds. The van der Waals surface area contributed by atoms with Crippen molar-refractivity contribution in [2.24, 2.45) is 11.7 Å². The smallest absolute Gasteiger partial charge is 0.156 e. The third-order valence-electron chi connectivity index (χ3n) is 4.87. The summed E-state index contributed by atoms with van der Waals surface area (Å²) < 4.78 is 0. The molecule has 1 aliphatic rings. The van der Waals surface area contributed by atoms with Crippen LogP contribution >= 0.6 is 0 Å². The van der Waals surface area contributed by atoms with Gasteiger partial charge in [-0.2, -0.15) is 5.10 Å². The Balaban J connectivity index is 2.30. The van der Waals surface area contributed by atoms with E-state index in [2.05, 4.69) is 35.9 Å². The largest absolute Gasteiger partial charge is 0.355 e. The summed E-state index contributed by atoms with van der Waals surface area (Å²) in [6.45, 7) is 9.38. The molecule has 0 spiro atoms. The Bertz CT molecular complexity index is 458. The van der Waals surface area contributed by atoms with E-state index in [4.69, 9.17) is 5.73 Å². The van der Waals surface area contributed by atoms with Gasteiger partial charge in [-0.1, -0.05) is 27.2 Å². The van der Waals surface area contributed by atoms with Gasteiger partial charge in [-0.3, -0.25) is 0 Å². The van der Waals surface area contributed by atoms with E-state index in [1.165, 1.54) is 36.8 Å². The molecule has 2 N–H and O–H groups in total. The Kier molecular flexibility index (Phi) is 5.97. The molecule has 1 aliphatic heterocycles. The summed E-state index contributed by atoms with van der Waals surface area (Å²) in [6.07, 6.45) is 7.07. The maximum absolute atomic E-state index is 6.06. The Labute approximate surface area is 129 Å². The van der Waals surface area contributed by atoms with Gasteiger partial charge in [0.15, 0.2) is 5.82 Å². The molecule has 1 unspecified atom stereocenters. The number of hydrogen-bond acceptors (Lipinski definition) is 4. The van der Waals surface area contributed by atoms with Crippen molar-refractivity contribution in [1.82, 2.24) is 10.2 Å². The molecule has 0 aliphatic carbocycles. The fraction of sp³-hybridized carbons (Fsp3) is 0.765. The molecule has 1 aromatic heterocycles. The van der Waals surface area contributed by atoms with Crippen molar-refractivity contribution in [3.63, 3.8) is 0 Å². The number of anilines is 1. The minimum atomic E-state index is 0.564.